The van der Waals surface area contributed by atoms with Crippen molar-refractivity contribution >= 4 is 11.9 Å². The average Bonchev–Trinajstić information content (AvgIpc) is 2.51. The maximum atomic E-state index is 11.8. The Morgan fingerprint density at radius 2 is 1.82 bits per heavy atom. The molecule has 3 N–H and O–H groups in total. The van der Waals surface area contributed by atoms with E-state index in [2.05, 4.69) is 46.9 Å². The zero-order valence-electron chi connectivity index (χ0n) is 13.9. The Labute approximate surface area is 133 Å². The molecule has 122 valence electrons. The van der Waals surface area contributed by atoms with Crippen LogP contribution in [-0.2, 0) is 11.2 Å². The summed E-state index contributed by atoms with van der Waals surface area (Å²) in [4.78, 5) is 15.9. The number of rotatable bonds is 8. The molecule has 0 aliphatic carbocycles. The second-order valence-corrected chi connectivity index (χ2v) is 5.62. The van der Waals surface area contributed by atoms with Crippen LogP contribution >= 0.6 is 0 Å². The lowest BCUT2D eigenvalue weighted by atomic mass is 10.1. The summed E-state index contributed by atoms with van der Waals surface area (Å²) in [7, 11) is 1.71. The van der Waals surface area contributed by atoms with Crippen LogP contribution in [0.5, 0.6) is 0 Å². The molecule has 1 aromatic carbocycles. The van der Waals surface area contributed by atoms with Crippen LogP contribution in [0, 0.1) is 5.92 Å². The van der Waals surface area contributed by atoms with Gasteiger partial charge in [0.25, 0.3) is 0 Å². The fourth-order valence-corrected chi connectivity index (χ4v) is 1.92. The summed E-state index contributed by atoms with van der Waals surface area (Å²) in [5.41, 5.74) is 1.22. The molecular weight excluding hydrogens is 276 g/mol. The summed E-state index contributed by atoms with van der Waals surface area (Å²) in [5.74, 6) is 1.29. The average molecular weight is 304 g/mol. The lowest BCUT2D eigenvalue weighted by Crippen LogP contribution is -2.43. The number of nitrogens with one attached hydrogen (secondary N) is 3. The summed E-state index contributed by atoms with van der Waals surface area (Å²) < 4.78 is 0. The standard InChI is InChI=1S/C17H28N4O/c1-14(2)9-11-20-17(18-3)21-13-16(22)19-12-10-15-7-5-4-6-8-15/h4-8,14H,9-13H2,1-3H3,(H,19,22)(H2,18,20,21). The molecule has 0 fully saturated rings. The van der Waals surface area contributed by atoms with Gasteiger partial charge in [0.1, 0.15) is 0 Å². The second-order valence-electron chi connectivity index (χ2n) is 5.62. The molecule has 0 aliphatic rings. The third kappa shape index (κ3) is 8.29. The van der Waals surface area contributed by atoms with Crippen molar-refractivity contribution in [3.63, 3.8) is 0 Å². The van der Waals surface area contributed by atoms with Crippen LogP contribution in [0.15, 0.2) is 35.3 Å². The van der Waals surface area contributed by atoms with Crippen LogP contribution < -0.4 is 16.0 Å². The minimum atomic E-state index is -0.0252. The van der Waals surface area contributed by atoms with Crippen molar-refractivity contribution in [2.75, 3.05) is 26.7 Å². The summed E-state index contributed by atoms with van der Waals surface area (Å²) in [5, 5.41) is 9.12. The number of amides is 1. The molecule has 5 nitrogen and oxygen atoms in total. The molecule has 22 heavy (non-hydrogen) atoms. The monoisotopic (exact) mass is 304 g/mol. The van der Waals surface area contributed by atoms with E-state index in [1.165, 1.54) is 5.56 Å². The molecule has 0 saturated heterocycles. The minimum Gasteiger partial charge on any atom is -0.356 e. The van der Waals surface area contributed by atoms with E-state index in [1.807, 2.05) is 18.2 Å². The lowest BCUT2D eigenvalue weighted by Gasteiger charge is -2.12. The van der Waals surface area contributed by atoms with E-state index in [0.29, 0.717) is 18.4 Å². The topological polar surface area (TPSA) is 65.5 Å². The van der Waals surface area contributed by atoms with Gasteiger partial charge in [-0.15, -0.1) is 0 Å². The van der Waals surface area contributed by atoms with Gasteiger partial charge >= 0.3 is 0 Å². The second kappa shape index (κ2) is 10.7. The van der Waals surface area contributed by atoms with E-state index in [0.717, 1.165) is 19.4 Å². The smallest absolute Gasteiger partial charge is 0.239 e. The number of carbonyl (C=O) groups is 1. The molecule has 0 atom stereocenters. The lowest BCUT2D eigenvalue weighted by molar-refractivity contribution is -0.119. The molecule has 1 amide bonds. The molecule has 0 bridgehead atoms. The zero-order valence-corrected chi connectivity index (χ0v) is 13.9. The van der Waals surface area contributed by atoms with Gasteiger partial charge in [0.05, 0.1) is 6.54 Å². The maximum absolute atomic E-state index is 11.8. The van der Waals surface area contributed by atoms with Crippen LogP contribution in [-0.4, -0.2) is 38.5 Å². The first-order chi connectivity index (χ1) is 10.6. The highest BCUT2D eigenvalue weighted by molar-refractivity contribution is 5.86. The Morgan fingerprint density at radius 3 is 2.45 bits per heavy atom. The normalized spacial score (nSPS) is 11.4. The minimum absolute atomic E-state index is 0.0252. The van der Waals surface area contributed by atoms with E-state index in [9.17, 15) is 4.79 Å². The van der Waals surface area contributed by atoms with Gasteiger partial charge in [-0.2, -0.15) is 0 Å². The number of carbonyl (C=O) groups excluding carboxylic acids is 1. The molecule has 0 aromatic heterocycles. The highest BCUT2D eigenvalue weighted by atomic mass is 16.1. The van der Waals surface area contributed by atoms with Gasteiger partial charge in [-0.1, -0.05) is 44.2 Å². The molecular formula is C17H28N4O. The number of guanidine groups is 1. The Kier molecular flexibility index (Phi) is 8.72. The van der Waals surface area contributed by atoms with Gasteiger partial charge in [0.15, 0.2) is 5.96 Å². The highest BCUT2D eigenvalue weighted by Crippen LogP contribution is 1.98. The molecule has 1 rings (SSSR count). The third-order valence-corrected chi connectivity index (χ3v) is 3.23. The number of benzene rings is 1. The molecule has 0 radical (unpaired) electrons. The van der Waals surface area contributed by atoms with Crippen molar-refractivity contribution in [1.82, 2.24) is 16.0 Å². The molecule has 0 heterocycles. The summed E-state index contributed by atoms with van der Waals surface area (Å²) in [6, 6.07) is 10.1. The van der Waals surface area contributed by atoms with Crippen molar-refractivity contribution in [1.29, 1.82) is 0 Å². The van der Waals surface area contributed by atoms with Crippen molar-refractivity contribution in [2.24, 2.45) is 10.9 Å². The summed E-state index contributed by atoms with van der Waals surface area (Å²) in [6.07, 6.45) is 1.91. The van der Waals surface area contributed by atoms with E-state index in [-0.39, 0.29) is 12.5 Å². The van der Waals surface area contributed by atoms with Gasteiger partial charge in [0.2, 0.25) is 5.91 Å². The van der Waals surface area contributed by atoms with E-state index < -0.39 is 0 Å². The van der Waals surface area contributed by atoms with Gasteiger partial charge in [-0.3, -0.25) is 9.79 Å². The fraction of sp³-hybridized carbons (Fsp3) is 0.529. The van der Waals surface area contributed by atoms with Crippen LogP contribution in [0.3, 0.4) is 0 Å². The molecule has 0 aliphatic heterocycles. The quantitative estimate of drug-likeness (QED) is 0.504. The number of hydrogen-bond acceptors (Lipinski definition) is 2. The van der Waals surface area contributed by atoms with E-state index in [4.69, 9.17) is 0 Å². The first-order valence-corrected chi connectivity index (χ1v) is 7.87. The first-order valence-electron chi connectivity index (χ1n) is 7.87. The highest BCUT2D eigenvalue weighted by Gasteiger charge is 2.03. The largest absolute Gasteiger partial charge is 0.356 e. The fourth-order valence-electron chi connectivity index (χ4n) is 1.92. The van der Waals surface area contributed by atoms with Crippen LogP contribution in [0.1, 0.15) is 25.8 Å². The molecule has 0 saturated carbocycles. The Bertz CT molecular complexity index is 457. The van der Waals surface area contributed by atoms with Crippen molar-refractivity contribution in [3.8, 4) is 0 Å². The van der Waals surface area contributed by atoms with Gasteiger partial charge < -0.3 is 16.0 Å². The third-order valence-electron chi connectivity index (χ3n) is 3.23. The first kappa shape index (κ1) is 18.0. The number of aliphatic imine (C=N–C) groups is 1. The van der Waals surface area contributed by atoms with Crippen LogP contribution in [0.2, 0.25) is 0 Å². The van der Waals surface area contributed by atoms with Gasteiger partial charge in [-0.25, -0.2) is 0 Å². The molecule has 5 heteroatoms. The van der Waals surface area contributed by atoms with Crippen LogP contribution in [0.4, 0.5) is 0 Å². The van der Waals surface area contributed by atoms with E-state index in [1.54, 1.807) is 7.05 Å². The molecule has 0 unspecified atom stereocenters. The Hall–Kier alpha value is -2.04. The predicted octanol–water partition coefficient (Wildman–Crippen LogP) is 1.56. The van der Waals surface area contributed by atoms with Crippen molar-refractivity contribution in [2.45, 2.75) is 26.7 Å². The maximum Gasteiger partial charge on any atom is 0.239 e. The SMILES string of the molecule is CN=C(NCCC(C)C)NCC(=O)NCCc1ccccc1. The summed E-state index contributed by atoms with van der Waals surface area (Å²) in [6.45, 7) is 6.09. The zero-order chi connectivity index (χ0) is 16.2. The van der Waals surface area contributed by atoms with E-state index >= 15 is 0 Å². The van der Waals surface area contributed by atoms with Gasteiger partial charge in [0, 0.05) is 20.1 Å². The Morgan fingerprint density at radius 1 is 1.09 bits per heavy atom. The molecule has 1 aromatic rings. The number of hydrogen-bond donors (Lipinski definition) is 3. The summed E-state index contributed by atoms with van der Waals surface area (Å²) >= 11 is 0. The predicted molar refractivity (Wildman–Crippen MR) is 92.0 cm³/mol. The number of nitrogens with zero attached hydrogens (tertiary/aromatic N) is 1. The Balaban J connectivity index is 2.16. The van der Waals surface area contributed by atoms with Crippen molar-refractivity contribution in [3.05, 3.63) is 35.9 Å². The molecule has 0 spiro atoms. The van der Waals surface area contributed by atoms with Crippen molar-refractivity contribution < 1.29 is 4.79 Å². The van der Waals surface area contributed by atoms with Crippen LogP contribution in [0.25, 0.3) is 0 Å². The van der Waals surface area contributed by atoms with Gasteiger partial charge in [-0.05, 0) is 24.3 Å².